The molecule has 1 aliphatic heterocycles. The number of alkyl carbamates (subject to hydrolysis) is 1. The molecule has 2 unspecified atom stereocenters. The number of rotatable bonds is 3. The molecule has 0 radical (unpaired) electrons. The van der Waals surface area contributed by atoms with Crippen molar-refractivity contribution in [3.8, 4) is 0 Å². The Balaban J connectivity index is 2.47. The van der Waals surface area contributed by atoms with Crippen LogP contribution in [-0.2, 0) is 10.3 Å². The van der Waals surface area contributed by atoms with E-state index in [0.717, 1.165) is 18.2 Å². The number of nitrogens with one attached hydrogen (secondary N) is 1. The Bertz CT molecular complexity index is 813. The quantitative estimate of drug-likeness (QED) is 0.229. The second-order valence-electron chi connectivity index (χ2n) is 7.68. The van der Waals surface area contributed by atoms with Crippen molar-refractivity contribution in [2.75, 3.05) is 20.1 Å². The summed E-state index contributed by atoms with van der Waals surface area (Å²) in [7, 11) is 1.78. The normalized spacial score (nSPS) is 23.5. The van der Waals surface area contributed by atoms with Crippen LogP contribution in [-0.4, -0.2) is 52.9 Å². The number of hydrogen-bond donors (Lipinski definition) is 3. The number of aliphatic imine (C=N–C) groups is 1. The standard InChI is InChI=1S/C17H24FN5O4S/c1-16(2,3)27-15(24)20-14(19)21-17(9-22(4)8-13(17)28)11-7-10(23(25)26)5-6-12(11)18/h5-7,13,28H,8-9H2,1-4H3,(H3,19,20,21,24). The number of carbonyl (C=O) groups excluding carboxylic acids is 1. The van der Waals surface area contributed by atoms with Gasteiger partial charge >= 0.3 is 6.09 Å². The molecule has 1 aliphatic rings. The molecule has 1 aromatic carbocycles. The van der Waals surface area contributed by atoms with Gasteiger partial charge < -0.3 is 15.4 Å². The third-order valence-electron chi connectivity index (χ3n) is 4.12. The largest absolute Gasteiger partial charge is 0.444 e. The van der Waals surface area contributed by atoms with Crippen LogP contribution in [0.25, 0.3) is 0 Å². The van der Waals surface area contributed by atoms with E-state index in [0.29, 0.717) is 6.54 Å². The van der Waals surface area contributed by atoms with Gasteiger partial charge in [-0.15, -0.1) is 0 Å². The summed E-state index contributed by atoms with van der Waals surface area (Å²) in [4.78, 5) is 28.7. The van der Waals surface area contributed by atoms with E-state index in [2.05, 4.69) is 22.9 Å². The predicted octanol–water partition coefficient (Wildman–Crippen LogP) is 2.01. The van der Waals surface area contributed by atoms with Gasteiger partial charge in [-0.05, 0) is 33.9 Å². The molecule has 28 heavy (non-hydrogen) atoms. The second-order valence-corrected chi connectivity index (χ2v) is 8.31. The van der Waals surface area contributed by atoms with Gasteiger partial charge in [0.1, 0.15) is 17.0 Å². The van der Waals surface area contributed by atoms with Gasteiger partial charge in [-0.25, -0.2) is 14.2 Å². The van der Waals surface area contributed by atoms with Crippen LogP contribution >= 0.6 is 12.6 Å². The number of likely N-dealkylation sites (tertiary alicyclic amines) is 1. The summed E-state index contributed by atoms with van der Waals surface area (Å²) < 4.78 is 19.8. The summed E-state index contributed by atoms with van der Waals surface area (Å²) in [5, 5.41) is 12.9. The van der Waals surface area contributed by atoms with E-state index in [1.807, 2.05) is 4.90 Å². The van der Waals surface area contributed by atoms with E-state index >= 15 is 0 Å². The Labute approximate surface area is 167 Å². The summed E-state index contributed by atoms with van der Waals surface area (Å²) in [6.07, 6.45) is -0.814. The van der Waals surface area contributed by atoms with Gasteiger partial charge in [0.25, 0.3) is 5.69 Å². The Kier molecular flexibility index (Phi) is 6.19. The van der Waals surface area contributed by atoms with Gasteiger partial charge in [0, 0.05) is 36.0 Å². The fraction of sp³-hybridized carbons (Fsp3) is 0.529. The maximum absolute atomic E-state index is 14.7. The first kappa shape index (κ1) is 21.9. The molecule has 0 aliphatic carbocycles. The van der Waals surface area contributed by atoms with E-state index in [1.165, 1.54) is 0 Å². The van der Waals surface area contributed by atoms with Crippen LogP contribution in [0.5, 0.6) is 0 Å². The van der Waals surface area contributed by atoms with Crippen LogP contribution in [0.2, 0.25) is 0 Å². The highest BCUT2D eigenvalue weighted by molar-refractivity contribution is 7.81. The molecule has 1 heterocycles. The van der Waals surface area contributed by atoms with Crippen molar-refractivity contribution in [1.82, 2.24) is 10.2 Å². The van der Waals surface area contributed by atoms with Crippen LogP contribution in [0.3, 0.4) is 0 Å². The van der Waals surface area contributed by atoms with Gasteiger partial charge in [-0.3, -0.25) is 15.4 Å². The van der Waals surface area contributed by atoms with Crippen molar-refractivity contribution in [3.63, 3.8) is 0 Å². The number of benzene rings is 1. The number of ether oxygens (including phenoxy) is 1. The molecule has 1 fully saturated rings. The van der Waals surface area contributed by atoms with E-state index in [1.54, 1.807) is 27.8 Å². The lowest BCUT2D eigenvalue weighted by Crippen LogP contribution is -2.44. The number of nitro groups is 1. The molecular formula is C17H24FN5O4S. The molecule has 9 nitrogen and oxygen atoms in total. The van der Waals surface area contributed by atoms with Crippen molar-refractivity contribution >= 4 is 30.4 Å². The van der Waals surface area contributed by atoms with Gasteiger partial charge in [-0.1, -0.05) is 0 Å². The number of guanidine groups is 1. The zero-order valence-corrected chi connectivity index (χ0v) is 17.0. The van der Waals surface area contributed by atoms with Crippen LogP contribution in [0.15, 0.2) is 23.2 Å². The highest BCUT2D eigenvalue weighted by Gasteiger charge is 2.48. The minimum atomic E-state index is -1.33. The number of likely N-dealkylation sites (N-methyl/N-ethyl adjacent to an activating group) is 1. The summed E-state index contributed by atoms with van der Waals surface area (Å²) in [6.45, 7) is 5.71. The lowest BCUT2D eigenvalue weighted by atomic mass is 9.88. The molecule has 0 saturated carbocycles. The lowest BCUT2D eigenvalue weighted by molar-refractivity contribution is -0.385. The maximum atomic E-state index is 14.7. The Morgan fingerprint density at radius 2 is 2.18 bits per heavy atom. The zero-order valence-electron chi connectivity index (χ0n) is 16.1. The Morgan fingerprint density at radius 1 is 1.54 bits per heavy atom. The van der Waals surface area contributed by atoms with E-state index in [9.17, 15) is 19.3 Å². The summed E-state index contributed by atoms with van der Waals surface area (Å²) in [5.41, 5.74) is 3.52. The third-order valence-corrected chi connectivity index (χ3v) is 4.71. The molecule has 11 heteroatoms. The van der Waals surface area contributed by atoms with Crippen molar-refractivity contribution in [2.45, 2.75) is 37.2 Å². The van der Waals surface area contributed by atoms with Gasteiger partial charge in [0.15, 0.2) is 5.96 Å². The number of hydrogen-bond acceptors (Lipinski definition) is 7. The number of thiol groups is 1. The highest BCUT2D eigenvalue weighted by Crippen LogP contribution is 2.41. The highest BCUT2D eigenvalue weighted by atomic mass is 32.1. The monoisotopic (exact) mass is 413 g/mol. The number of halogens is 1. The zero-order chi connectivity index (χ0) is 21.3. The molecule has 1 saturated heterocycles. The fourth-order valence-electron chi connectivity index (χ4n) is 3.07. The molecule has 0 bridgehead atoms. The first-order valence-electron chi connectivity index (χ1n) is 8.50. The number of non-ortho nitro benzene ring substituents is 1. The van der Waals surface area contributed by atoms with E-state index in [4.69, 9.17) is 10.5 Å². The molecule has 3 N–H and O–H groups in total. The topological polar surface area (TPSA) is 123 Å². The fourth-order valence-corrected chi connectivity index (χ4v) is 3.63. The van der Waals surface area contributed by atoms with Gasteiger partial charge in [-0.2, -0.15) is 12.6 Å². The number of amides is 1. The molecule has 0 aromatic heterocycles. The lowest BCUT2D eigenvalue weighted by Gasteiger charge is -2.30. The second kappa shape index (κ2) is 7.92. The summed E-state index contributed by atoms with van der Waals surface area (Å²) in [5.74, 6) is -0.969. The van der Waals surface area contributed by atoms with Crippen LogP contribution in [0, 0.1) is 15.9 Å². The number of nitrogens with zero attached hydrogens (tertiary/aromatic N) is 3. The average Bonchev–Trinajstić information content (AvgIpc) is 2.79. The van der Waals surface area contributed by atoms with Crippen LogP contribution in [0.1, 0.15) is 26.3 Å². The van der Waals surface area contributed by atoms with Gasteiger partial charge in [0.05, 0.1) is 4.92 Å². The van der Waals surface area contributed by atoms with Crippen LogP contribution < -0.4 is 11.1 Å². The Morgan fingerprint density at radius 3 is 2.68 bits per heavy atom. The number of nitro benzene ring substituents is 1. The predicted molar refractivity (Wildman–Crippen MR) is 106 cm³/mol. The SMILES string of the molecule is CN1CC(S)C(N=C(N)NC(=O)OC(C)(C)C)(c2cc([N+](=O)[O-])ccc2F)C1. The number of nitrogens with two attached hydrogens (primary N) is 1. The molecule has 1 aromatic rings. The first-order chi connectivity index (χ1) is 12.8. The van der Waals surface area contributed by atoms with Crippen molar-refractivity contribution < 1.29 is 18.8 Å². The van der Waals surface area contributed by atoms with Crippen molar-refractivity contribution in [1.29, 1.82) is 0 Å². The third kappa shape index (κ3) is 4.90. The minimum Gasteiger partial charge on any atom is -0.444 e. The van der Waals surface area contributed by atoms with Gasteiger partial charge in [0.2, 0.25) is 0 Å². The molecule has 0 spiro atoms. The van der Waals surface area contributed by atoms with Crippen LogP contribution in [0.4, 0.5) is 14.9 Å². The molecule has 2 atom stereocenters. The minimum absolute atomic E-state index is 0.0139. The van der Waals surface area contributed by atoms with E-state index in [-0.39, 0.29) is 23.8 Å². The molecule has 154 valence electrons. The smallest absolute Gasteiger partial charge is 0.414 e. The van der Waals surface area contributed by atoms with E-state index < -0.39 is 33.2 Å². The molecule has 1 amide bonds. The molecule has 2 rings (SSSR count). The average molecular weight is 413 g/mol. The summed E-state index contributed by atoms with van der Waals surface area (Å²) >= 11 is 4.53. The maximum Gasteiger partial charge on any atom is 0.414 e. The number of carbonyl (C=O) groups is 1. The summed E-state index contributed by atoms with van der Waals surface area (Å²) in [6, 6.07) is 3.22. The molecular weight excluding hydrogens is 389 g/mol. The Hall–Kier alpha value is -2.40. The van der Waals surface area contributed by atoms with Crippen molar-refractivity contribution in [3.05, 3.63) is 39.7 Å². The van der Waals surface area contributed by atoms with Crippen molar-refractivity contribution in [2.24, 2.45) is 10.7 Å². The first-order valence-corrected chi connectivity index (χ1v) is 9.02.